The van der Waals surface area contributed by atoms with Crippen LogP contribution in [0.15, 0.2) is 18.2 Å². The Kier molecular flexibility index (Phi) is 3.66. The number of methoxy groups -OCH3 is 1. The molecule has 0 heterocycles. The van der Waals surface area contributed by atoms with Gasteiger partial charge in [-0.25, -0.2) is 4.79 Å². The summed E-state index contributed by atoms with van der Waals surface area (Å²) in [5.41, 5.74) is 1.59. The van der Waals surface area contributed by atoms with E-state index in [0.717, 1.165) is 0 Å². The van der Waals surface area contributed by atoms with Gasteiger partial charge in [-0.2, -0.15) is 5.26 Å². The molecule has 0 spiro atoms. The van der Waals surface area contributed by atoms with Crippen molar-refractivity contribution in [2.75, 3.05) is 7.11 Å². The average Bonchev–Trinajstić information content (AvgIpc) is 2.26. The molecule has 0 saturated carbocycles. The Labute approximate surface area is 90.4 Å². The van der Waals surface area contributed by atoms with E-state index in [4.69, 9.17) is 5.26 Å². The van der Waals surface area contributed by atoms with Gasteiger partial charge >= 0.3 is 5.97 Å². The second kappa shape index (κ2) is 4.77. The van der Waals surface area contributed by atoms with Crippen molar-refractivity contribution < 1.29 is 9.53 Å². The van der Waals surface area contributed by atoms with Crippen molar-refractivity contribution in [3.05, 3.63) is 34.9 Å². The topological polar surface area (TPSA) is 50.1 Å². The first-order chi connectivity index (χ1) is 6.74. The summed E-state index contributed by atoms with van der Waals surface area (Å²) in [4.78, 5) is 11.3. The van der Waals surface area contributed by atoms with E-state index in [0.29, 0.717) is 22.0 Å². The molecule has 0 fully saturated rings. The number of hydrogen-bond donors (Lipinski definition) is 0. The van der Waals surface area contributed by atoms with Gasteiger partial charge in [0.15, 0.2) is 0 Å². The molecule has 0 N–H and O–H groups in total. The van der Waals surface area contributed by atoms with Gasteiger partial charge in [0.2, 0.25) is 0 Å². The van der Waals surface area contributed by atoms with Crippen molar-refractivity contribution in [3.63, 3.8) is 0 Å². The van der Waals surface area contributed by atoms with Gasteiger partial charge in [-0.15, -0.1) is 0 Å². The Morgan fingerprint density at radius 3 is 2.86 bits per heavy atom. The molecule has 1 aromatic carbocycles. The number of nitriles is 1. The van der Waals surface area contributed by atoms with E-state index in [1.807, 2.05) is 6.07 Å². The molecule has 0 radical (unpaired) electrons. The van der Waals surface area contributed by atoms with Crippen LogP contribution < -0.4 is 0 Å². The number of carbonyl (C=O) groups excluding carboxylic acids is 1. The zero-order valence-electron chi connectivity index (χ0n) is 7.58. The van der Waals surface area contributed by atoms with Crippen molar-refractivity contribution in [1.29, 1.82) is 5.26 Å². The minimum absolute atomic E-state index is 0.420. The Hall–Kier alpha value is -1.34. The van der Waals surface area contributed by atoms with E-state index < -0.39 is 5.97 Å². The highest BCUT2D eigenvalue weighted by atomic mass is 79.9. The van der Waals surface area contributed by atoms with Crippen molar-refractivity contribution in [2.24, 2.45) is 0 Å². The number of halogens is 1. The van der Waals surface area contributed by atoms with Crippen LogP contribution >= 0.6 is 15.9 Å². The van der Waals surface area contributed by atoms with Crippen LogP contribution in [0.1, 0.15) is 21.5 Å². The normalized spacial score (nSPS) is 9.21. The first kappa shape index (κ1) is 10.7. The van der Waals surface area contributed by atoms with Gasteiger partial charge in [0, 0.05) is 5.33 Å². The van der Waals surface area contributed by atoms with E-state index in [1.165, 1.54) is 7.11 Å². The summed E-state index contributed by atoms with van der Waals surface area (Å²) in [5.74, 6) is -0.420. The van der Waals surface area contributed by atoms with Crippen molar-refractivity contribution in [1.82, 2.24) is 0 Å². The summed E-state index contributed by atoms with van der Waals surface area (Å²) in [7, 11) is 1.32. The summed E-state index contributed by atoms with van der Waals surface area (Å²) in [6.45, 7) is 0. The van der Waals surface area contributed by atoms with Crippen LogP contribution in [-0.4, -0.2) is 13.1 Å². The molecule has 1 aromatic rings. The third-order valence-corrected chi connectivity index (χ3v) is 2.40. The quantitative estimate of drug-likeness (QED) is 0.600. The van der Waals surface area contributed by atoms with Crippen LogP contribution in [0.2, 0.25) is 0 Å². The second-order valence-electron chi connectivity index (χ2n) is 2.57. The van der Waals surface area contributed by atoms with Crippen LogP contribution in [0, 0.1) is 11.3 Å². The summed E-state index contributed by atoms with van der Waals surface area (Å²) in [5, 5.41) is 9.27. The lowest BCUT2D eigenvalue weighted by molar-refractivity contribution is 0.0600. The van der Waals surface area contributed by atoms with E-state index in [2.05, 4.69) is 20.7 Å². The van der Waals surface area contributed by atoms with Crippen molar-refractivity contribution in [2.45, 2.75) is 5.33 Å². The van der Waals surface area contributed by atoms with Gasteiger partial charge in [-0.3, -0.25) is 0 Å². The molecule has 0 bridgehead atoms. The van der Waals surface area contributed by atoms with Gasteiger partial charge in [0.25, 0.3) is 0 Å². The molecule has 0 saturated heterocycles. The minimum Gasteiger partial charge on any atom is -0.465 e. The van der Waals surface area contributed by atoms with Crippen molar-refractivity contribution >= 4 is 21.9 Å². The minimum atomic E-state index is -0.420. The number of carbonyl (C=O) groups is 1. The number of alkyl halides is 1. The Morgan fingerprint density at radius 2 is 2.36 bits per heavy atom. The molecule has 1 rings (SSSR count). The Bertz CT molecular complexity index is 396. The van der Waals surface area contributed by atoms with E-state index >= 15 is 0 Å². The Balaban J connectivity index is 3.31. The van der Waals surface area contributed by atoms with Gasteiger partial charge < -0.3 is 4.74 Å². The van der Waals surface area contributed by atoms with Crippen LogP contribution in [0.4, 0.5) is 0 Å². The van der Waals surface area contributed by atoms with Gasteiger partial charge in [0.05, 0.1) is 24.3 Å². The predicted molar refractivity (Wildman–Crippen MR) is 55.1 cm³/mol. The average molecular weight is 254 g/mol. The van der Waals surface area contributed by atoms with Crippen LogP contribution in [0.25, 0.3) is 0 Å². The predicted octanol–water partition coefficient (Wildman–Crippen LogP) is 2.24. The third-order valence-electron chi connectivity index (χ3n) is 1.84. The fourth-order valence-corrected chi connectivity index (χ4v) is 1.74. The number of esters is 1. The third kappa shape index (κ3) is 1.94. The maximum absolute atomic E-state index is 11.3. The van der Waals surface area contributed by atoms with Gasteiger partial charge in [0.1, 0.15) is 0 Å². The molecule has 72 valence electrons. The summed E-state index contributed by atoms with van der Waals surface area (Å²) in [6.07, 6.45) is 0. The molecular weight excluding hydrogens is 246 g/mol. The molecule has 14 heavy (non-hydrogen) atoms. The molecule has 0 unspecified atom stereocenters. The van der Waals surface area contributed by atoms with E-state index in [1.54, 1.807) is 18.2 Å². The highest BCUT2D eigenvalue weighted by Gasteiger charge is 2.13. The van der Waals surface area contributed by atoms with E-state index in [-0.39, 0.29) is 0 Å². The molecule has 3 nitrogen and oxygen atoms in total. The molecule has 0 aliphatic heterocycles. The largest absolute Gasteiger partial charge is 0.465 e. The first-order valence-electron chi connectivity index (χ1n) is 3.90. The summed E-state index contributed by atoms with van der Waals surface area (Å²) in [6, 6.07) is 7.00. The maximum atomic E-state index is 11.3. The van der Waals surface area contributed by atoms with Crippen molar-refractivity contribution in [3.8, 4) is 6.07 Å². The van der Waals surface area contributed by atoms with Crippen LogP contribution in [0.5, 0.6) is 0 Å². The highest BCUT2D eigenvalue weighted by Crippen LogP contribution is 2.18. The number of nitrogens with zero attached hydrogens (tertiary/aromatic N) is 1. The smallest absolute Gasteiger partial charge is 0.338 e. The lowest BCUT2D eigenvalue weighted by atomic mass is 10.0. The van der Waals surface area contributed by atoms with E-state index in [9.17, 15) is 4.79 Å². The fourth-order valence-electron chi connectivity index (χ4n) is 1.14. The molecule has 0 atom stereocenters. The zero-order chi connectivity index (χ0) is 10.6. The number of rotatable bonds is 2. The SMILES string of the molecule is COC(=O)c1cccc(C#N)c1CBr. The lowest BCUT2D eigenvalue weighted by Crippen LogP contribution is -2.06. The lowest BCUT2D eigenvalue weighted by Gasteiger charge is -2.06. The van der Waals surface area contributed by atoms with Crippen LogP contribution in [0.3, 0.4) is 0 Å². The number of hydrogen-bond acceptors (Lipinski definition) is 3. The summed E-state index contributed by atoms with van der Waals surface area (Å²) < 4.78 is 4.61. The molecule has 0 aromatic heterocycles. The molecule has 0 aliphatic carbocycles. The number of ether oxygens (including phenoxy) is 1. The monoisotopic (exact) mass is 253 g/mol. The fraction of sp³-hybridized carbons (Fsp3) is 0.200. The van der Waals surface area contributed by atoms with Gasteiger partial charge in [-0.05, 0) is 17.7 Å². The second-order valence-corrected chi connectivity index (χ2v) is 3.13. The maximum Gasteiger partial charge on any atom is 0.338 e. The van der Waals surface area contributed by atoms with Crippen LogP contribution in [-0.2, 0) is 10.1 Å². The molecule has 4 heteroatoms. The van der Waals surface area contributed by atoms with Gasteiger partial charge in [-0.1, -0.05) is 22.0 Å². The molecular formula is C10H8BrNO2. The summed E-state index contributed by atoms with van der Waals surface area (Å²) >= 11 is 3.24. The molecule has 0 amide bonds. The first-order valence-corrected chi connectivity index (χ1v) is 5.03. The zero-order valence-corrected chi connectivity index (χ0v) is 9.17. The number of benzene rings is 1. The highest BCUT2D eigenvalue weighted by molar-refractivity contribution is 9.08. The standard InChI is InChI=1S/C10H8BrNO2/c1-14-10(13)8-4-2-3-7(6-12)9(8)5-11/h2-4H,5H2,1H3. The molecule has 0 aliphatic rings. The Morgan fingerprint density at radius 1 is 1.64 bits per heavy atom.